The number of likely N-dealkylation sites (tertiary alicyclic amines) is 1. The third-order valence-electron chi connectivity index (χ3n) is 3.12. The fraction of sp³-hybridized carbons (Fsp3) is 0.417. The first-order valence-corrected chi connectivity index (χ1v) is 7.02. The largest absolute Gasteiger partial charge is 0.406 e. The number of aromatic nitrogens is 2. The molecule has 2 aromatic rings. The van der Waals surface area contributed by atoms with E-state index in [1.807, 2.05) is 17.5 Å². The van der Waals surface area contributed by atoms with Crippen molar-refractivity contribution in [3.8, 4) is 10.7 Å². The van der Waals surface area contributed by atoms with Crippen molar-refractivity contribution < 1.29 is 22.5 Å². The lowest BCUT2D eigenvalue weighted by molar-refractivity contribution is -0.157. The van der Waals surface area contributed by atoms with E-state index < -0.39 is 24.5 Å². The molecule has 0 radical (unpaired) electrons. The summed E-state index contributed by atoms with van der Waals surface area (Å²) in [4.78, 5) is 17.4. The minimum Gasteiger partial charge on any atom is -0.339 e. The maximum Gasteiger partial charge on any atom is 0.406 e. The highest BCUT2D eigenvalue weighted by molar-refractivity contribution is 7.13. The maximum atomic E-state index is 12.4. The Morgan fingerprint density at radius 3 is 2.95 bits per heavy atom. The smallest absolute Gasteiger partial charge is 0.339 e. The zero-order chi connectivity index (χ0) is 15.0. The molecule has 21 heavy (non-hydrogen) atoms. The summed E-state index contributed by atoms with van der Waals surface area (Å²) in [5, 5.41) is 5.66. The molecule has 1 amide bonds. The molecule has 1 aliphatic heterocycles. The van der Waals surface area contributed by atoms with Gasteiger partial charge in [-0.25, -0.2) is 0 Å². The fourth-order valence-corrected chi connectivity index (χ4v) is 2.86. The highest BCUT2D eigenvalue weighted by atomic mass is 32.1. The van der Waals surface area contributed by atoms with Crippen molar-refractivity contribution in [1.29, 1.82) is 0 Å². The molecule has 0 spiro atoms. The van der Waals surface area contributed by atoms with Crippen LogP contribution in [0.3, 0.4) is 0 Å². The molecule has 1 saturated heterocycles. The highest BCUT2D eigenvalue weighted by Crippen LogP contribution is 2.31. The van der Waals surface area contributed by atoms with Crippen LogP contribution in [0.2, 0.25) is 0 Å². The first-order chi connectivity index (χ1) is 9.92. The molecule has 112 valence electrons. The van der Waals surface area contributed by atoms with Crippen LogP contribution < -0.4 is 0 Å². The van der Waals surface area contributed by atoms with Crippen molar-refractivity contribution >= 4 is 17.2 Å². The molecule has 1 unspecified atom stereocenters. The van der Waals surface area contributed by atoms with Crippen LogP contribution in [-0.4, -0.2) is 40.2 Å². The average molecular weight is 317 g/mol. The Bertz CT molecular complexity index is 638. The number of halogens is 3. The number of nitrogens with zero attached hydrogens (tertiary/aromatic N) is 3. The normalized spacial score (nSPS) is 19.5. The Morgan fingerprint density at radius 1 is 1.48 bits per heavy atom. The summed E-state index contributed by atoms with van der Waals surface area (Å²) >= 11 is 1.43. The van der Waals surface area contributed by atoms with Gasteiger partial charge in [-0.15, -0.1) is 11.3 Å². The highest BCUT2D eigenvalue weighted by Gasteiger charge is 2.40. The van der Waals surface area contributed by atoms with Crippen molar-refractivity contribution in [3.05, 3.63) is 23.4 Å². The summed E-state index contributed by atoms with van der Waals surface area (Å²) < 4.78 is 42.2. The summed E-state index contributed by atoms with van der Waals surface area (Å²) in [5.41, 5.74) is 0. The van der Waals surface area contributed by atoms with E-state index in [9.17, 15) is 18.0 Å². The van der Waals surface area contributed by atoms with Crippen LogP contribution in [0.25, 0.3) is 10.7 Å². The lowest BCUT2D eigenvalue weighted by Crippen LogP contribution is -2.35. The molecule has 3 rings (SSSR count). The van der Waals surface area contributed by atoms with Gasteiger partial charge in [-0.3, -0.25) is 4.79 Å². The van der Waals surface area contributed by atoms with E-state index in [0.29, 0.717) is 5.82 Å². The molecule has 1 fully saturated rings. The second-order valence-electron chi connectivity index (χ2n) is 4.72. The lowest BCUT2D eigenvalue weighted by atomic mass is 10.1. The fourth-order valence-electron chi connectivity index (χ4n) is 2.21. The molecule has 0 bridgehead atoms. The second-order valence-corrected chi connectivity index (χ2v) is 5.67. The van der Waals surface area contributed by atoms with E-state index in [1.54, 1.807) is 0 Å². The van der Waals surface area contributed by atoms with Crippen molar-refractivity contribution in [1.82, 2.24) is 15.0 Å². The number of thiophene rings is 1. The van der Waals surface area contributed by atoms with Gasteiger partial charge >= 0.3 is 6.18 Å². The molecule has 2 aromatic heterocycles. The zero-order valence-electron chi connectivity index (χ0n) is 10.6. The minimum absolute atomic E-state index is 0.0395. The summed E-state index contributed by atoms with van der Waals surface area (Å²) in [6.45, 7) is -1.29. The van der Waals surface area contributed by atoms with Crippen LogP contribution in [0, 0.1) is 0 Å². The third-order valence-corrected chi connectivity index (χ3v) is 3.98. The van der Waals surface area contributed by atoms with Crippen molar-refractivity contribution in [2.45, 2.75) is 18.5 Å². The minimum atomic E-state index is -4.40. The van der Waals surface area contributed by atoms with E-state index in [-0.39, 0.29) is 18.9 Å². The number of amides is 1. The maximum absolute atomic E-state index is 12.4. The number of rotatable bonds is 3. The van der Waals surface area contributed by atoms with Gasteiger partial charge in [-0.2, -0.15) is 18.2 Å². The van der Waals surface area contributed by atoms with Crippen LogP contribution in [0.4, 0.5) is 13.2 Å². The topological polar surface area (TPSA) is 59.2 Å². The van der Waals surface area contributed by atoms with Crippen LogP contribution in [0.5, 0.6) is 0 Å². The van der Waals surface area contributed by atoms with E-state index >= 15 is 0 Å². The Kier molecular flexibility index (Phi) is 3.44. The van der Waals surface area contributed by atoms with Crippen molar-refractivity contribution in [2.75, 3.05) is 13.1 Å². The van der Waals surface area contributed by atoms with E-state index in [4.69, 9.17) is 4.52 Å². The molecular weight excluding hydrogens is 307 g/mol. The van der Waals surface area contributed by atoms with Gasteiger partial charge in [0.25, 0.3) is 0 Å². The Balaban J connectivity index is 1.73. The Hall–Kier alpha value is -1.90. The van der Waals surface area contributed by atoms with Gasteiger partial charge in [0, 0.05) is 13.0 Å². The van der Waals surface area contributed by atoms with E-state index in [0.717, 1.165) is 9.78 Å². The predicted molar refractivity (Wildman–Crippen MR) is 67.6 cm³/mol. The summed E-state index contributed by atoms with van der Waals surface area (Å²) in [6, 6.07) is 3.65. The standard InChI is InChI=1S/C12H10F3N3O2S/c13-12(14,15)6-18-5-7(4-9(18)19)11-16-10(17-20-11)8-2-1-3-21-8/h1-3,7H,4-6H2. The third kappa shape index (κ3) is 3.07. The molecular formula is C12H10F3N3O2S. The molecule has 1 atom stereocenters. The molecule has 0 saturated carbocycles. The van der Waals surface area contributed by atoms with Gasteiger partial charge < -0.3 is 9.42 Å². The molecule has 5 nitrogen and oxygen atoms in total. The van der Waals surface area contributed by atoms with Crippen LogP contribution in [-0.2, 0) is 4.79 Å². The van der Waals surface area contributed by atoms with Gasteiger partial charge in [-0.05, 0) is 11.4 Å². The van der Waals surface area contributed by atoms with Gasteiger partial charge in [0.2, 0.25) is 17.6 Å². The molecule has 1 aliphatic rings. The monoisotopic (exact) mass is 317 g/mol. The number of hydrogen-bond donors (Lipinski definition) is 0. The van der Waals surface area contributed by atoms with Crippen LogP contribution in [0.1, 0.15) is 18.2 Å². The van der Waals surface area contributed by atoms with Crippen LogP contribution >= 0.6 is 11.3 Å². The van der Waals surface area contributed by atoms with Crippen LogP contribution in [0.15, 0.2) is 22.0 Å². The van der Waals surface area contributed by atoms with Gasteiger partial charge in [-0.1, -0.05) is 11.2 Å². The Morgan fingerprint density at radius 2 is 2.29 bits per heavy atom. The predicted octanol–water partition coefficient (Wildman–Crippen LogP) is 2.68. The SMILES string of the molecule is O=C1CC(c2nc(-c3cccs3)no2)CN1CC(F)(F)F. The van der Waals surface area contributed by atoms with E-state index in [2.05, 4.69) is 10.1 Å². The second kappa shape index (κ2) is 5.14. The molecule has 0 aliphatic carbocycles. The van der Waals surface area contributed by atoms with Gasteiger partial charge in [0.1, 0.15) is 6.54 Å². The first kappa shape index (κ1) is 14.1. The van der Waals surface area contributed by atoms with Crippen molar-refractivity contribution in [2.24, 2.45) is 0 Å². The number of carbonyl (C=O) groups excluding carboxylic acids is 1. The molecule has 0 aromatic carbocycles. The zero-order valence-corrected chi connectivity index (χ0v) is 11.4. The summed E-state index contributed by atoms with van der Waals surface area (Å²) in [5.74, 6) is -0.438. The molecule has 9 heteroatoms. The number of alkyl halides is 3. The van der Waals surface area contributed by atoms with Crippen molar-refractivity contribution in [3.63, 3.8) is 0 Å². The lowest BCUT2D eigenvalue weighted by Gasteiger charge is -2.17. The molecule has 0 N–H and O–H groups in total. The number of hydrogen-bond acceptors (Lipinski definition) is 5. The molecule has 3 heterocycles. The quantitative estimate of drug-likeness (QED) is 0.873. The summed E-state index contributed by atoms with van der Waals surface area (Å²) in [7, 11) is 0. The summed E-state index contributed by atoms with van der Waals surface area (Å²) in [6.07, 6.45) is -4.44. The first-order valence-electron chi connectivity index (χ1n) is 6.14. The van der Waals surface area contributed by atoms with E-state index in [1.165, 1.54) is 11.3 Å². The Labute approximate surface area is 121 Å². The number of carbonyl (C=O) groups is 1. The van der Waals surface area contributed by atoms with Gasteiger partial charge in [0.05, 0.1) is 10.8 Å². The van der Waals surface area contributed by atoms with Gasteiger partial charge in [0.15, 0.2) is 0 Å². The average Bonchev–Trinajstić information content (AvgIpc) is 3.08.